The van der Waals surface area contributed by atoms with Crippen LogP contribution in [-0.2, 0) is 6.42 Å². The van der Waals surface area contributed by atoms with E-state index in [-0.39, 0.29) is 0 Å². The van der Waals surface area contributed by atoms with E-state index >= 15 is 0 Å². The van der Waals surface area contributed by atoms with E-state index < -0.39 is 0 Å². The highest BCUT2D eigenvalue weighted by Gasteiger charge is 2.15. The maximum absolute atomic E-state index is 4.12. The fourth-order valence-electron chi connectivity index (χ4n) is 2.51. The zero-order valence-electron chi connectivity index (χ0n) is 9.41. The Morgan fingerprint density at radius 1 is 1.20 bits per heavy atom. The molecule has 1 atom stereocenters. The summed E-state index contributed by atoms with van der Waals surface area (Å²) in [6.45, 7) is 4.12. The quantitative estimate of drug-likeness (QED) is 0.636. The normalized spacial score (nSPS) is 21.6. The first-order valence-electron chi connectivity index (χ1n) is 6.05. The fourth-order valence-corrected chi connectivity index (χ4v) is 2.51. The van der Waals surface area contributed by atoms with Crippen LogP contribution < -0.4 is 0 Å². The van der Waals surface area contributed by atoms with Gasteiger partial charge in [0.2, 0.25) is 0 Å². The van der Waals surface area contributed by atoms with Crippen LogP contribution in [-0.4, -0.2) is 0 Å². The molecule has 80 valence electrons. The first-order valence-corrected chi connectivity index (χ1v) is 6.05. The molecule has 0 aromatic heterocycles. The molecule has 0 bridgehead atoms. The summed E-state index contributed by atoms with van der Waals surface area (Å²) in [6, 6.07) is 10.8. The third kappa shape index (κ3) is 3.23. The summed E-state index contributed by atoms with van der Waals surface area (Å²) >= 11 is 0. The second kappa shape index (κ2) is 5.16. The standard InChI is InChI=1S/C15H20/c1-13-6-5-9-15(12-13)11-10-14-7-3-2-4-8-14/h2-4,7-8,15H,1,5-6,9-12H2. The molecule has 0 heteroatoms. The van der Waals surface area contributed by atoms with Crippen LogP contribution in [0.25, 0.3) is 0 Å². The molecule has 0 aliphatic heterocycles. The van der Waals surface area contributed by atoms with Crippen molar-refractivity contribution >= 4 is 0 Å². The number of rotatable bonds is 3. The van der Waals surface area contributed by atoms with Crippen molar-refractivity contribution in [2.45, 2.75) is 38.5 Å². The van der Waals surface area contributed by atoms with Gasteiger partial charge in [0.15, 0.2) is 0 Å². The van der Waals surface area contributed by atoms with Crippen molar-refractivity contribution in [1.82, 2.24) is 0 Å². The molecule has 1 aliphatic rings. The van der Waals surface area contributed by atoms with Gasteiger partial charge in [0.1, 0.15) is 0 Å². The van der Waals surface area contributed by atoms with Crippen LogP contribution in [0.2, 0.25) is 0 Å². The van der Waals surface area contributed by atoms with Gasteiger partial charge in [-0.15, -0.1) is 0 Å². The van der Waals surface area contributed by atoms with Gasteiger partial charge in [0.05, 0.1) is 0 Å². The monoisotopic (exact) mass is 200 g/mol. The van der Waals surface area contributed by atoms with Gasteiger partial charge in [-0.1, -0.05) is 42.5 Å². The third-order valence-electron chi connectivity index (χ3n) is 3.40. The van der Waals surface area contributed by atoms with Crippen LogP contribution in [0.3, 0.4) is 0 Å². The Balaban J connectivity index is 1.80. The Morgan fingerprint density at radius 2 is 2.00 bits per heavy atom. The van der Waals surface area contributed by atoms with E-state index in [2.05, 4.69) is 36.9 Å². The van der Waals surface area contributed by atoms with Crippen LogP contribution in [0.4, 0.5) is 0 Å². The Kier molecular flexibility index (Phi) is 3.60. The van der Waals surface area contributed by atoms with Crippen molar-refractivity contribution in [3.05, 3.63) is 48.0 Å². The van der Waals surface area contributed by atoms with Crippen LogP contribution in [0.15, 0.2) is 42.5 Å². The maximum Gasteiger partial charge on any atom is -0.0276 e. The van der Waals surface area contributed by atoms with Crippen LogP contribution in [0.1, 0.15) is 37.7 Å². The van der Waals surface area contributed by atoms with Gasteiger partial charge in [-0.25, -0.2) is 0 Å². The molecule has 0 saturated heterocycles. The highest BCUT2D eigenvalue weighted by atomic mass is 14.2. The fraction of sp³-hybridized carbons (Fsp3) is 0.467. The van der Waals surface area contributed by atoms with Crippen molar-refractivity contribution < 1.29 is 0 Å². The molecule has 1 fully saturated rings. The SMILES string of the molecule is C=C1CCCC(CCc2ccccc2)C1. The molecule has 0 heterocycles. The number of hydrogen-bond donors (Lipinski definition) is 0. The lowest BCUT2D eigenvalue weighted by Crippen LogP contribution is -2.08. The third-order valence-corrected chi connectivity index (χ3v) is 3.40. The Hall–Kier alpha value is -1.04. The highest BCUT2D eigenvalue weighted by molar-refractivity contribution is 5.14. The predicted molar refractivity (Wildman–Crippen MR) is 65.9 cm³/mol. The minimum absolute atomic E-state index is 0.895. The van der Waals surface area contributed by atoms with Gasteiger partial charge in [0, 0.05) is 0 Å². The van der Waals surface area contributed by atoms with E-state index in [4.69, 9.17) is 0 Å². The molecule has 1 aliphatic carbocycles. The number of benzene rings is 1. The number of hydrogen-bond acceptors (Lipinski definition) is 0. The molecule has 1 unspecified atom stereocenters. The van der Waals surface area contributed by atoms with Crippen molar-refractivity contribution in [2.75, 3.05) is 0 Å². The van der Waals surface area contributed by atoms with Gasteiger partial charge in [0.25, 0.3) is 0 Å². The van der Waals surface area contributed by atoms with Gasteiger partial charge < -0.3 is 0 Å². The Bertz CT molecular complexity index is 310. The summed E-state index contributed by atoms with van der Waals surface area (Å²) in [6.07, 6.45) is 7.88. The number of aryl methyl sites for hydroxylation is 1. The van der Waals surface area contributed by atoms with E-state index in [0.29, 0.717) is 0 Å². The Morgan fingerprint density at radius 3 is 2.73 bits per heavy atom. The largest absolute Gasteiger partial charge is 0.0999 e. The lowest BCUT2D eigenvalue weighted by Gasteiger charge is -2.23. The average Bonchev–Trinajstić information content (AvgIpc) is 2.28. The molecular weight excluding hydrogens is 180 g/mol. The van der Waals surface area contributed by atoms with Crippen LogP contribution in [0, 0.1) is 5.92 Å². The lowest BCUT2D eigenvalue weighted by atomic mass is 9.83. The molecule has 0 radical (unpaired) electrons. The topological polar surface area (TPSA) is 0 Å². The maximum atomic E-state index is 4.12. The molecule has 0 spiro atoms. The highest BCUT2D eigenvalue weighted by Crippen LogP contribution is 2.30. The lowest BCUT2D eigenvalue weighted by molar-refractivity contribution is 0.394. The molecule has 0 N–H and O–H groups in total. The minimum atomic E-state index is 0.895. The number of allylic oxidation sites excluding steroid dienone is 1. The first kappa shape index (κ1) is 10.5. The van der Waals surface area contributed by atoms with Gasteiger partial charge in [-0.05, 0) is 50.0 Å². The Labute approximate surface area is 93.0 Å². The van der Waals surface area contributed by atoms with E-state index in [0.717, 1.165) is 5.92 Å². The molecular formula is C15H20. The minimum Gasteiger partial charge on any atom is -0.0999 e. The summed E-state index contributed by atoms with van der Waals surface area (Å²) in [5, 5.41) is 0. The molecule has 0 amide bonds. The van der Waals surface area contributed by atoms with Crippen LogP contribution in [0.5, 0.6) is 0 Å². The summed E-state index contributed by atoms with van der Waals surface area (Å²) in [4.78, 5) is 0. The zero-order valence-corrected chi connectivity index (χ0v) is 9.41. The summed E-state index contributed by atoms with van der Waals surface area (Å²) < 4.78 is 0. The summed E-state index contributed by atoms with van der Waals surface area (Å²) in [5.41, 5.74) is 2.95. The van der Waals surface area contributed by atoms with E-state index in [1.165, 1.54) is 49.7 Å². The van der Waals surface area contributed by atoms with Crippen molar-refractivity contribution in [1.29, 1.82) is 0 Å². The van der Waals surface area contributed by atoms with E-state index in [9.17, 15) is 0 Å². The smallest absolute Gasteiger partial charge is 0.0276 e. The summed E-state index contributed by atoms with van der Waals surface area (Å²) in [7, 11) is 0. The van der Waals surface area contributed by atoms with Crippen molar-refractivity contribution in [2.24, 2.45) is 5.92 Å². The van der Waals surface area contributed by atoms with Crippen molar-refractivity contribution in [3.8, 4) is 0 Å². The van der Waals surface area contributed by atoms with E-state index in [1.807, 2.05) is 0 Å². The molecule has 1 aromatic rings. The predicted octanol–water partition coefficient (Wildman–Crippen LogP) is 4.37. The average molecular weight is 200 g/mol. The molecule has 1 aromatic carbocycles. The molecule has 2 rings (SSSR count). The van der Waals surface area contributed by atoms with Gasteiger partial charge >= 0.3 is 0 Å². The van der Waals surface area contributed by atoms with Crippen LogP contribution >= 0.6 is 0 Å². The van der Waals surface area contributed by atoms with E-state index in [1.54, 1.807) is 0 Å². The summed E-state index contributed by atoms with van der Waals surface area (Å²) in [5.74, 6) is 0.895. The second-order valence-corrected chi connectivity index (χ2v) is 4.74. The first-order chi connectivity index (χ1) is 7.34. The molecule has 15 heavy (non-hydrogen) atoms. The zero-order chi connectivity index (χ0) is 10.5. The van der Waals surface area contributed by atoms with Crippen molar-refractivity contribution in [3.63, 3.8) is 0 Å². The van der Waals surface area contributed by atoms with Gasteiger partial charge in [-0.2, -0.15) is 0 Å². The van der Waals surface area contributed by atoms with Gasteiger partial charge in [-0.3, -0.25) is 0 Å². The molecule has 0 nitrogen and oxygen atoms in total. The second-order valence-electron chi connectivity index (χ2n) is 4.74. The molecule has 1 saturated carbocycles.